The second-order valence-corrected chi connectivity index (χ2v) is 9.25. The minimum absolute atomic E-state index is 0. The quantitative estimate of drug-likeness (QED) is 0.658. The molecule has 0 heterocycles. The lowest BCUT2D eigenvalue weighted by molar-refractivity contribution is 0.620. The molecule has 0 saturated heterocycles. The average Bonchev–Trinajstić information content (AvgIpc) is 2.01. The average molecular weight is 364 g/mol. The maximum Gasteiger partial charge on any atom is 0.317 e. The molecule has 0 aliphatic carbocycles. The standard InChI is InChI=1S/C6H6.CH4.2Cl2O2S/c1-2-4-6-5-3-1;;2*1-5(2,3)4/h1-6H;1H4;;. The fourth-order valence-electron chi connectivity index (χ4n) is 0.385. The van der Waals surface area contributed by atoms with Crippen molar-refractivity contribution in [2.45, 2.75) is 7.43 Å². The van der Waals surface area contributed by atoms with E-state index in [-0.39, 0.29) is 7.43 Å². The van der Waals surface area contributed by atoms with Crippen molar-refractivity contribution in [3.63, 3.8) is 0 Å². The SMILES string of the molecule is C.O=S(=O)(Cl)Cl.O=S(=O)(Cl)Cl.c1ccccc1. The normalized spacial score (nSPS) is 9.65. The predicted octanol–water partition coefficient (Wildman–Crippen LogP) is 3.74. The van der Waals surface area contributed by atoms with E-state index < -0.39 is 16.5 Å². The third-order valence-corrected chi connectivity index (χ3v) is 0.667. The molecule has 0 aromatic heterocycles. The zero-order chi connectivity index (χ0) is 13.2. The molecule has 0 fully saturated rings. The van der Waals surface area contributed by atoms with Crippen molar-refractivity contribution >= 4 is 59.3 Å². The van der Waals surface area contributed by atoms with Gasteiger partial charge in [0.25, 0.3) is 0 Å². The van der Waals surface area contributed by atoms with Crippen LogP contribution in [0.1, 0.15) is 7.43 Å². The first-order chi connectivity index (χ1) is 7.00. The maximum absolute atomic E-state index is 9.16. The summed E-state index contributed by atoms with van der Waals surface area (Å²) in [7, 11) is 9.63. The van der Waals surface area contributed by atoms with Crippen LogP contribution in [0.25, 0.3) is 0 Å². The van der Waals surface area contributed by atoms with Gasteiger partial charge in [-0.25, -0.2) is 0 Å². The lowest BCUT2D eigenvalue weighted by Crippen LogP contribution is -1.63. The summed E-state index contributed by atoms with van der Waals surface area (Å²) in [5.74, 6) is 0. The Morgan fingerprint density at radius 3 is 0.647 bits per heavy atom. The summed E-state index contributed by atoms with van der Waals surface area (Å²) in [6.07, 6.45) is 0. The maximum atomic E-state index is 9.16. The van der Waals surface area contributed by atoms with Crippen molar-refractivity contribution in [3.8, 4) is 0 Å². The number of hydrogen-bond donors (Lipinski definition) is 0. The first kappa shape index (κ1) is 22.5. The largest absolute Gasteiger partial charge is 0.317 e. The molecule has 4 nitrogen and oxygen atoms in total. The minimum atomic E-state index is -3.72. The van der Waals surface area contributed by atoms with Crippen LogP contribution in [0.4, 0.5) is 0 Å². The smallest absolute Gasteiger partial charge is 0.195 e. The highest BCUT2D eigenvalue weighted by Crippen LogP contribution is 1.99. The van der Waals surface area contributed by atoms with Crippen molar-refractivity contribution in [1.29, 1.82) is 0 Å². The number of rotatable bonds is 0. The van der Waals surface area contributed by atoms with E-state index in [2.05, 4.69) is 42.7 Å². The van der Waals surface area contributed by atoms with Gasteiger partial charge in [0.2, 0.25) is 0 Å². The summed E-state index contributed by atoms with van der Waals surface area (Å²) < 4.78 is 36.7. The lowest BCUT2D eigenvalue weighted by Gasteiger charge is -1.69. The summed E-state index contributed by atoms with van der Waals surface area (Å²) in [6, 6.07) is 12.0. The molecule has 1 aromatic rings. The van der Waals surface area contributed by atoms with E-state index in [1.807, 2.05) is 36.4 Å². The topological polar surface area (TPSA) is 68.3 Å². The molecule has 0 spiro atoms. The second-order valence-electron chi connectivity index (χ2n) is 1.91. The Labute approximate surface area is 119 Å². The molecule has 0 atom stereocenters. The molecule has 17 heavy (non-hydrogen) atoms. The van der Waals surface area contributed by atoms with Gasteiger partial charge >= 0.3 is 16.5 Å². The molecule has 10 heteroatoms. The van der Waals surface area contributed by atoms with E-state index >= 15 is 0 Å². The number of halogens is 4. The summed E-state index contributed by atoms with van der Waals surface area (Å²) in [5, 5.41) is 0. The Hall–Kier alpha value is 0.280. The van der Waals surface area contributed by atoms with E-state index in [4.69, 9.17) is 16.8 Å². The molecule has 1 rings (SSSR count). The highest BCUT2D eigenvalue weighted by Gasteiger charge is 1.89. The Morgan fingerprint density at radius 2 is 0.588 bits per heavy atom. The molecule has 0 amide bonds. The van der Waals surface area contributed by atoms with Crippen LogP contribution in [-0.4, -0.2) is 16.8 Å². The van der Waals surface area contributed by atoms with Crippen LogP contribution in [0.15, 0.2) is 36.4 Å². The molecular formula is C7H10Cl4O4S2. The van der Waals surface area contributed by atoms with Crippen molar-refractivity contribution in [3.05, 3.63) is 36.4 Å². The monoisotopic (exact) mass is 362 g/mol. The van der Waals surface area contributed by atoms with E-state index in [0.29, 0.717) is 0 Å². The van der Waals surface area contributed by atoms with Gasteiger partial charge < -0.3 is 0 Å². The van der Waals surface area contributed by atoms with Gasteiger partial charge in [-0.15, -0.1) is 0 Å². The summed E-state index contributed by atoms with van der Waals surface area (Å²) >= 11 is 0. The van der Waals surface area contributed by atoms with Crippen molar-refractivity contribution in [2.24, 2.45) is 0 Å². The molecule has 0 aliphatic heterocycles. The fraction of sp³-hybridized carbons (Fsp3) is 0.143. The van der Waals surface area contributed by atoms with Gasteiger partial charge in [0.15, 0.2) is 0 Å². The fourth-order valence-corrected chi connectivity index (χ4v) is 0.385. The molecule has 1 aromatic carbocycles. The first-order valence-electron chi connectivity index (χ1n) is 3.28. The van der Waals surface area contributed by atoms with Crippen LogP contribution < -0.4 is 0 Å². The van der Waals surface area contributed by atoms with Crippen LogP contribution in [0.2, 0.25) is 0 Å². The van der Waals surface area contributed by atoms with Crippen LogP contribution in [0.5, 0.6) is 0 Å². The predicted molar refractivity (Wildman–Crippen MR) is 74.4 cm³/mol. The molecule has 0 radical (unpaired) electrons. The first-order valence-corrected chi connectivity index (χ1v) is 9.55. The van der Waals surface area contributed by atoms with Gasteiger partial charge in [0.05, 0.1) is 0 Å². The van der Waals surface area contributed by atoms with Crippen molar-refractivity contribution in [2.75, 3.05) is 0 Å². The molecule has 0 saturated carbocycles. The van der Waals surface area contributed by atoms with Gasteiger partial charge in [-0.1, -0.05) is 43.8 Å². The summed E-state index contributed by atoms with van der Waals surface area (Å²) in [5.41, 5.74) is 0. The van der Waals surface area contributed by atoms with E-state index in [1.54, 1.807) is 0 Å². The Bertz CT molecular complexity index is 385. The van der Waals surface area contributed by atoms with Gasteiger partial charge in [0, 0.05) is 42.7 Å². The van der Waals surface area contributed by atoms with Gasteiger partial charge in [-0.2, -0.15) is 16.8 Å². The summed E-state index contributed by atoms with van der Waals surface area (Å²) in [6.45, 7) is 0. The van der Waals surface area contributed by atoms with E-state index in [1.165, 1.54) is 0 Å². The van der Waals surface area contributed by atoms with Crippen LogP contribution in [0, 0.1) is 0 Å². The molecule has 0 unspecified atom stereocenters. The third-order valence-electron chi connectivity index (χ3n) is 0.667. The second kappa shape index (κ2) is 11.4. The highest BCUT2D eigenvalue weighted by molar-refractivity contribution is 8.31. The number of benzene rings is 1. The van der Waals surface area contributed by atoms with E-state index in [0.717, 1.165) is 0 Å². The molecule has 102 valence electrons. The Morgan fingerprint density at radius 1 is 0.529 bits per heavy atom. The van der Waals surface area contributed by atoms with Crippen LogP contribution in [0.3, 0.4) is 0 Å². The third kappa shape index (κ3) is 84.2. The van der Waals surface area contributed by atoms with Crippen molar-refractivity contribution in [1.82, 2.24) is 0 Å². The molecule has 0 aliphatic rings. The molecule has 0 bridgehead atoms. The lowest BCUT2D eigenvalue weighted by atomic mass is 10.4. The molecular weight excluding hydrogens is 354 g/mol. The van der Waals surface area contributed by atoms with E-state index in [9.17, 15) is 0 Å². The van der Waals surface area contributed by atoms with Gasteiger partial charge in [-0.3, -0.25) is 0 Å². The zero-order valence-electron chi connectivity index (χ0n) is 7.43. The van der Waals surface area contributed by atoms with Crippen molar-refractivity contribution < 1.29 is 16.8 Å². The Kier molecular flexibility index (Phi) is 15.0. The Balaban J connectivity index is -0.000000170. The zero-order valence-corrected chi connectivity index (χ0v) is 12.1. The van der Waals surface area contributed by atoms with Crippen LogP contribution in [-0.2, 0) is 16.5 Å². The minimum Gasteiger partial charge on any atom is -0.195 e. The van der Waals surface area contributed by atoms with Gasteiger partial charge in [-0.05, 0) is 0 Å². The summed E-state index contributed by atoms with van der Waals surface area (Å²) in [4.78, 5) is 0. The van der Waals surface area contributed by atoms with Gasteiger partial charge in [0.1, 0.15) is 0 Å². The van der Waals surface area contributed by atoms with Crippen LogP contribution >= 0.6 is 42.7 Å². The molecule has 0 N–H and O–H groups in total. The highest BCUT2D eigenvalue weighted by atomic mass is 36.0. The number of hydrogen-bond acceptors (Lipinski definition) is 4.